The second kappa shape index (κ2) is 10.1. The third kappa shape index (κ3) is 4.74. The lowest BCUT2D eigenvalue weighted by Gasteiger charge is -2.34. The molecule has 0 unspecified atom stereocenters. The maximum absolute atomic E-state index is 13.4. The highest BCUT2D eigenvalue weighted by Gasteiger charge is 2.32. The Balaban J connectivity index is 1.70. The van der Waals surface area contributed by atoms with Gasteiger partial charge in [-0.1, -0.05) is 56.2 Å². The zero-order valence-corrected chi connectivity index (χ0v) is 20.3. The van der Waals surface area contributed by atoms with E-state index >= 15 is 0 Å². The molecule has 0 aliphatic carbocycles. The number of carbonyl (C=O) groups is 1. The molecular formula is C23H29N5O2S2. The maximum Gasteiger partial charge on any atom is 0.267 e. The molecule has 0 N–H and O–H groups in total. The van der Waals surface area contributed by atoms with Gasteiger partial charge in [0, 0.05) is 38.9 Å². The predicted octanol–water partition coefficient (Wildman–Crippen LogP) is 3.23. The molecule has 32 heavy (non-hydrogen) atoms. The second-order valence-corrected chi connectivity index (χ2v) is 9.94. The quantitative estimate of drug-likeness (QED) is 0.349. The van der Waals surface area contributed by atoms with E-state index in [2.05, 4.69) is 23.8 Å². The van der Waals surface area contributed by atoms with Crippen molar-refractivity contribution in [3.8, 4) is 0 Å². The lowest BCUT2D eigenvalue weighted by molar-refractivity contribution is -0.122. The van der Waals surface area contributed by atoms with Gasteiger partial charge in [0.25, 0.3) is 11.5 Å². The largest absolute Gasteiger partial charge is 0.353 e. The highest BCUT2D eigenvalue weighted by molar-refractivity contribution is 8.26. The number of nitrogens with zero attached hydrogens (tertiary/aromatic N) is 5. The number of likely N-dealkylation sites (N-methyl/N-ethyl adjacent to an activating group) is 1. The van der Waals surface area contributed by atoms with Crippen LogP contribution in [0.3, 0.4) is 0 Å². The first-order valence-electron chi connectivity index (χ1n) is 11.2. The standard InChI is InChI=1S/C23H29N5O2S2/c1-3-4-5-7-11-28-22(30)18(32-23(28)31)16-17-20(26-14-12-25(2)13-15-26)24-19-9-6-8-10-27(19)21(17)29/h6,8-10,16H,3-5,7,11-15H2,1-2H3/b18-16-. The van der Waals surface area contributed by atoms with Gasteiger partial charge in [-0.2, -0.15) is 0 Å². The highest BCUT2D eigenvalue weighted by atomic mass is 32.2. The van der Waals surface area contributed by atoms with Gasteiger partial charge in [0.2, 0.25) is 0 Å². The summed E-state index contributed by atoms with van der Waals surface area (Å²) in [4.78, 5) is 37.9. The lowest BCUT2D eigenvalue weighted by Crippen LogP contribution is -2.45. The summed E-state index contributed by atoms with van der Waals surface area (Å²) in [5.74, 6) is 0.529. The molecule has 4 rings (SSSR count). The molecule has 0 aromatic carbocycles. The summed E-state index contributed by atoms with van der Waals surface area (Å²) < 4.78 is 2.10. The predicted molar refractivity (Wildman–Crippen MR) is 135 cm³/mol. The number of unbranched alkanes of at least 4 members (excludes halogenated alkanes) is 3. The first kappa shape index (κ1) is 22.9. The summed E-state index contributed by atoms with van der Waals surface area (Å²) in [6.07, 6.45) is 7.73. The van der Waals surface area contributed by atoms with E-state index in [1.54, 1.807) is 17.2 Å². The summed E-state index contributed by atoms with van der Waals surface area (Å²) in [6.45, 7) is 6.15. The van der Waals surface area contributed by atoms with Crippen LogP contribution in [0.5, 0.6) is 0 Å². The fourth-order valence-corrected chi connectivity index (χ4v) is 5.29. The minimum Gasteiger partial charge on any atom is -0.353 e. The van der Waals surface area contributed by atoms with Crippen molar-refractivity contribution in [3.63, 3.8) is 0 Å². The zero-order valence-electron chi connectivity index (χ0n) is 18.6. The van der Waals surface area contributed by atoms with Crippen LogP contribution in [0.2, 0.25) is 0 Å². The van der Waals surface area contributed by atoms with Gasteiger partial charge in [0.05, 0.1) is 10.5 Å². The molecule has 2 fully saturated rings. The van der Waals surface area contributed by atoms with Crippen molar-refractivity contribution in [1.82, 2.24) is 19.2 Å². The summed E-state index contributed by atoms with van der Waals surface area (Å²) in [6, 6.07) is 5.52. The number of fused-ring (bicyclic) bond motifs is 1. The van der Waals surface area contributed by atoms with Gasteiger partial charge >= 0.3 is 0 Å². The van der Waals surface area contributed by atoms with Gasteiger partial charge in [0.1, 0.15) is 15.8 Å². The van der Waals surface area contributed by atoms with Crippen LogP contribution in [-0.2, 0) is 4.79 Å². The van der Waals surface area contributed by atoms with E-state index in [1.807, 2.05) is 18.2 Å². The van der Waals surface area contributed by atoms with Crippen LogP contribution in [0, 0.1) is 0 Å². The van der Waals surface area contributed by atoms with Crippen molar-refractivity contribution < 1.29 is 4.79 Å². The van der Waals surface area contributed by atoms with Gasteiger partial charge in [-0.05, 0) is 31.7 Å². The highest BCUT2D eigenvalue weighted by Crippen LogP contribution is 2.33. The number of aromatic nitrogens is 2. The summed E-state index contributed by atoms with van der Waals surface area (Å²) in [5.41, 5.74) is 0.884. The number of amides is 1. The topological polar surface area (TPSA) is 61.2 Å². The van der Waals surface area contributed by atoms with Crippen LogP contribution in [0.4, 0.5) is 5.82 Å². The molecule has 2 saturated heterocycles. The number of thiocarbonyl (C=S) groups is 1. The average molecular weight is 472 g/mol. The Morgan fingerprint density at radius 1 is 1.12 bits per heavy atom. The van der Waals surface area contributed by atoms with E-state index in [9.17, 15) is 9.59 Å². The molecule has 0 atom stereocenters. The third-order valence-corrected chi connectivity index (χ3v) is 7.31. The van der Waals surface area contributed by atoms with Gasteiger partial charge in [-0.3, -0.25) is 18.9 Å². The minimum absolute atomic E-state index is 0.113. The van der Waals surface area contributed by atoms with Crippen LogP contribution in [0.15, 0.2) is 34.1 Å². The van der Waals surface area contributed by atoms with Gasteiger partial charge < -0.3 is 9.80 Å². The molecule has 4 heterocycles. The minimum atomic E-state index is -0.169. The van der Waals surface area contributed by atoms with Crippen molar-refractivity contribution in [2.24, 2.45) is 0 Å². The average Bonchev–Trinajstić information content (AvgIpc) is 3.06. The van der Waals surface area contributed by atoms with E-state index in [0.717, 1.165) is 51.9 Å². The number of hydrogen-bond acceptors (Lipinski definition) is 7. The van der Waals surface area contributed by atoms with E-state index in [-0.39, 0.29) is 11.5 Å². The Bertz CT molecular complexity index is 1110. The first-order chi connectivity index (χ1) is 15.5. The van der Waals surface area contributed by atoms with Crippen LogP contribution in [-0.4, -0.2) is 69.2 Å². The van der Waals surface area contributed by atoms with Gasteiger partial charge in [-0.15, -0.1) is 0 Å². The normalized spacial score (nSPS) is 19.0. The molecule has 9 heteroatoms. The molecule has 170 valence electrons. The van der Waals surface area contributed by atoms with Crippen molar-refractivity contribution in [2.75, 3.05) is 44.7 Å². The summed E-state index contributed by atoms with van der Waals surface area (Å²) >= 11 is 6.76. The molecule has 2 aromatic rings. The van der Waals surface area contributed by atoms with Crippen molar-refractivity contribution in [3.05, 3.63) is 45.2 Å². The Morgan fingerprint density at radius 2 is 1.91 bits per heavy atom. The van der Waals surface area contributed by atoms with Gasteiger partial charge in [-0.25, -0.2) is 4.98 Å². The molecular weight excluding hydrogens is 442 g/mol. The van der Waals surface area contributed by atoms with Crippen LogP contribution in [0.25, 0.3) is 11.7 Å². The monoisotopic (exact) mass is 471 g/mol. The van der Waals surface area contributed by atoms with Crippen LogP contribution >= 0.6 is 24.0 Å². The smallest absolute Gasteiger partial charge is 0.267 e. The number of piperazine rings is 1. The summed E-state index contributed by atoms with van der Waals surface area (Å²) in [5, 5.41) is 0. The number of pyridine rings is 1. The van der Waals surface area contributed by atoms with E-state index in [4.69, 9.17) is 17.2 Å². The van der Waals surface area contributed by atoms with E-state index in [0.29, 0.717) is 32.8 Å². The zero-order chi connectivity index (χ0) is 22.7. The van der Waals surface area contributed by atoms with E-state index < -0.39 is 0 Å². The number of anilines is 1. The number of hydrogen-bond donors (Lipinski definition) is 0. The molecule has 2 aromatic heterocycles. The molecule has 0 spiro atoms. The number of thioether (sulfide) groups is 1. The fraction of sp³-hybridized carbons (Fsp3) is 0.478. The maximum atomic E-state index is 13.4. The molecule has 1 amide bonds. The second-order valence-electron chi connectivity index (χ2n) is 8.27. The van der Waals surface area contributed by atoms with Crippen molar-refractivity contribution in [1.29, 1.82) is 0 Å². The molecule has 7 nitrogen and oxygen atoms in total. The Morgan fingerprint density at radius 3 is 2.66 bits per heavy atom. The SMILES string of the molecule is CCCCCCN1C(=O)/C(=C/c2c(N3CCN(C)CC3)nc3ccccn3c2=O)SC1=S. The van der Waals surface area contributed by atoms with Gasteiger partial charge in [0.15, 0.2) is 0 Å². The Kier molecular flexibility index (Phi) is 7.27. The Hall–Kier alpha value is -2.23. The molecule has 0 saturated carbocycles. The molecule has 2 aliphatic rings. The lowest BCUT2D eigenvalue weighted by atomic mass is 10.2. The molecule has 2 aliphatic heterocycles. The number of carbonyl (C=O) groups excluding carboxylic acids is 1. The molecule has 0 bridgehead atoms. The molecule has 0 radical (unpaired) electrons. The van der Waals surface area contributed by atoms with Crippen LogP contribution < -0.4 is 10.5 Å². The van der Waals surface area contributed by atoms with Crippen LogP contribution in [0.1, 0.15) is 38.2 Å². The summed E-state index contributed by atoms with van der Waals surface area (Å²) in [7, 11) is 2.09. The third-order valence-electron chi connectivity index (χ3n) is 5.94. The first-order valence-corrected chi connectivity index (χ1v) is 12.4. The fourth-order valence-electron chi connectivity index (χ4n) is 4.00. The number of rotatable bonds is 7. The van der Waals surface area contributed by atoms with Crippen molar-refractivity contribution in [2.45, 2.75) is 32.6 Å². The Labute approximate surface area is 198 Å². The van der Waals surface area contributed by atoms with Crippen molar-refractivity contribution >= 4 is 51.7 Å². The van der Waals surface area contributed by atoms with E-state index in [1.165, 1.54) is 16.2 Å².